The first kappa shape index (κ1) is 50.6. The third-order valence-electron chi connectivity index (χ3n) is 11.1. The number of hydrogen-bond acceptors (Lipinski definition) is 8. The summed E-state index contributed by atoms with van der Waals surface area (Å²) in [5, 5.41) is 1.44. The van der Waals surface area contributed by atoms with Crippen molar-refractivity contribution in [2.24, 2.45) is 5.73 Å². The lowest BCUT2D eigenvalue weighted by atomic mass is 10.1. The molecule has 0 atom stereocenters. The zero-order chi connectivity index (χ0) is 48.1. The number of carbonyl (C=O) groups is 5. The zero-order valence-electron chi connectivity index (χ0n) is 36.4. The van der Waals surface area contributed by atoms with E-state index >= 15 is 0 Å². The molecule has 2 aliphatic rings. The fraction of sp³-hybridized carbons (Fsp3) is 0.370. The number of ketones is 2. The fourth-order valence-corrected chi connectivity index (χ4v) is 7.20. The van der Waals surface area contributed by atoms with Crippen molar-refractivity contribution in [2.45, 2.75) is 33.1 Å². The van der Waals surface area contributed by atoms with Gasteiger partial charge in [-0.05, 0) is 61.6 Å². The van der Waals surface area contributed by atoms with Gasteiger partial charge in [0.1, 0.15) is 23.3 Å². The second kappa shape index (κ2) is 23.2. The first-order chi connectivity index (χ1) is 31.4. The summed E-state index contributed by atoms with van der Waals surface area (Å²) in [6.07, 6.45) is -5.15. The number of urea groups is 2. The van der Waals surface area contributed by atoms with Gasteiger partial charge in [-0.15, -0.1) is 0 Å². The van der Waals surface area contributed by atoms with Crippen molar-refractivity contribution >= 4 is 40.9 Å². The topological polar surface area (TPSA) is 143 Å². The van der Waals surface area contributed by atoms with Crippen LogP contribution >= 0.6 is 0 Å². The first-order valence-corrected chi connectivity index (χ1v) is 21.2. The summed E-state index contributed by atoms with van der Waals surface area (Å²) >= 11 is 0. The number of piperazine rings is 2. The van der Waals surface area contributed by atoms with Gasteiger partial charge in [-0.2, -0.15) is 13.2 Å². The Bertz CT molecular complexity index is 2350. The van der Waals surface area contributed by atoms with Gasteiger partial charge in [0.05, 0.1) is 26.2 Å². The molecule has 354 valence electrons. The smallest absolute Gasteiger partial charge is 0.341 e. The number of anilines is 2. The number of Topliss-reactive ketones (excluding diaryl/α,β-unsaturated/α-hetero) is 2. The molecule has 2 aliphatic heterocycles. The minimum Gasteiger partial charge on any atom is -0.341 e. The first-order valence-electron chi connectivity index (χ1n) is 21.2. The SMILES string of the molecule is CCN1CCN(C(=O)N(Cc2ccc(C(=O)CN)cc2F)c2cccc(F)c2)CC1.CCN1CCN(C(=O)N(Cc2ccc(C(=O)CNC(=O)C(F)(F)F)cc2F)c2cccc(F)c2)CC1. The van der Waals surface area contributed by atoms with Crippen LogP contribution in [0.25, 0.3) is 0 Å². The average molecular weight is 929 g/mol. The normalized spacial score (nSPS) is 14.5. The van der Waals surface area contributed by atoms with E-state index in [1.54, 1.807) is 15.9 Å². The lowest BCUT2D eigenvalue weighted by Gasteiger charge is -2.37. The highest BCUT2D eigenvalue weighted by molar-refractivity contribution is 6.00. The molecule has 6 rings (SSSR count). The van der Waals surface area contributed by atoms with Crippen molar-refractivity contribution in [1.29, 1.82) is 0 Å². The van der Waals surface area contributed by atoms with Crippen LogP contribution < -0.4 is 20.9 Å². The predicted octanol–water partition coefficient (Wildman–Crippen LogP) is 6.46. The van der Waals surface area contributed by atoms with Gasteiger partial charge in [-0.1, -0.05) is 50.2 Å². The number of alkyl halides is 3. The molecule has 0 aromatic heterocycles. The molecule has 0 saturated carbocycles. The molecule has 4 aromatic rings. The van der Waals surface area contributed by atoms with Gasteiger partial charge in [-0.25, -0.2) is 27.2 Å². The fourth-order valence-electron chi connectivity index (χ4n) is 7.20. The van der Waals surface area contributed by atoms with Crippen LogP contribution in [0.2, 0.25) is 0 Å². The molecule has 3 N–H and O–H groups in total. The van der Waals surface area contributed by atoms with Gasteiger partial charge >= 0.3 is 24.1 Å². The van der Waals surface area contributed by atoms with Gasteiger partial charge in [-0.3, -0.25) is 24.2 Å². The summed E-state index contributed by atoms with van der Waals surface area (Å²) in [6.45, 7) is 9.10. The van der Waals surface area contributed by atoms with E-state index in [2.05, 4.69) is 16.7 Å². The highest BCUT2D eigenvalue weighted by Gasteiger charge is 2.38. The van der Waals surface area contributed by atoms with E-state index in [4.69, 9.17) is 5.73 Å². The van der Waals surface area contributed by atoms with Crippen LogP contribution in [0.4, 0.5) is 51.7 Å². The van der Waals surface area contributed by atoms with Gasteiger partial charge in [0.2, 0.25) is 0 Å². The van der Waals surface area contributed by atoms with Crippen LogP contribution in [0.5, 0.6) is 0 Å². The Hall–Kier alpha value is -6.38. The number of nitrogens with one attached hydrogen (secondary N) is 1. The molecule has 66 heavy (non-hydrogen) atoms. The Balaban J connectivity index is 0.000000251. The minimum atomic E-state index is -5.15. The molecule has 13 nitrogen and oxygen atoms in total. The van der Waals surface area contributed by atoms with Gasteiger partial charge in [0.25, 0.3) is 0 Å². The van der Waals surface area contributed by atoms with Crippen molar-refractivity contribution in [3.05, 3.63) is 130 Å². The molecule has 0 aliphatic carbocycles. The molecule has 0 spiro atoms. The standard InChI is InChI=1S/C24H25F5N4O3.C22H26F2N4O2/c1-2-31-8-10-32(11-9-31)23(36)33(19-5-3-4-18(25)13-19)15-17-7-6-16(12-20(17)26)21(34)14-30-22(35)24(27,28)29;1-2-26-8-10-27(11-9-26)22(30)28(19-5-3-4-18(23)13-19)15-17-7-6-16(12-20(17)24)21(29)14-25/h3-7,12-13H,2,8-11,14-15H2,1H3,(H,30,35);3-7,12-13H,2,8-11,14-15,25H2,1H3. The van der Waals surface area contributed by atoms with Gasteiger partial charge < -0.3 is 30.7 Å². The number of rotatable bonds is 13. The summed E-state index contributed by atoms with van der Waals surface area (Å²) < 4.78 is 94.2. The number of likely N-dealkylation sites (N-methyl/N-ethyl adjacent to an activating group) is 2. The molecule has 5 amide bonds. The van der Waals surface area contributed by atoms with Crippen LogP contribution in [0, 0.1) is 23.3 Å². The molecule has 0 unspecified atom stereocenters. The number of nitrogens with zero attached hydrogens (tertiary/aromatic N) is 6. The summed E-state index contributed by atoms with van der Waals surface area (Å²) in [5.41, 5.74) is 6.06. The minimum absolute atomic E-state index is 0.00989. The van der Waals surface area contributed by atoms with Crippen LogP contribution in [-0.4, -0.2) is 134 Å². The highest BCUT2D eigenvalue weighted by atomic mass is 19.4. The molecule has 20 heteroatoms. The molecule has 2 fully saturated rings. The van der Waals surface area contributed by atoms with Crippen molar-refractivity contribution < 1.29 is 54.7 Å². The Morgan fingerprint density at radius 3 is 1.35 bits per heavy atom. The number of nitrogens with two attached hydrogens (primary N) is 1. The summed E-state index contributed by atoms with van der Waals surface area (Å²) in [5.74, 6) is -6.13. The molecule has 2 saturated heterocycles. The Kier molecular flexibility index (Phi) is 17.8. The van der Waals surface area contributed by atoms with E-state index in [0.29, 0.717) is 45.0 Å². The van der Waals surface area contributed by atoms with Crippen LogP contribution in [0.1, 0.15) is 45.7 Å². The summed E-state index contributed by atoms with van der Waals surface area (Å²) in [4.78, 5) is 71.6. The van der Waals surface area contributed by atoms with Crippen molar-refractivity contribution in [3.63, 3.8) is 0 Å². The van der Waals surface area contributed by atoms with Crippen LogP contribution in [-0.2, 0) is 17.9 Å². The monoisotopic (exact) mass is 928 g/mol. The van der Waals surface area contributed by atoms with Gasteiger partial charge in [0, 0.05) is 86.0 Å². The number of hydrogen-bond donors (Lipinski definition) is 2. The van der Waals surface area contributed by atoms with E-state index in [1.807, 2.05) is 6.92 Å². The number of benzene rings is 4. The quantitative estimate of drug-likeness (QED) is 0.115. The predicted molar refractivity (Wildman–Crippen MR) is 233 cm³/mol. The van der Waals surface area contributed by atoms with Gasteiger partial charge in [0.15, 0.2) is 11.6 Å². The second-order valence-corrected chi connectivity index (χ2v) is 15.4. The Morgan fingerprint density at radius 1 is 0.591 bits per heavy atom. The third kappa shape index (κ3) is 13.6. The highest BCUT2D eigenvalue weighted by Crippen LogP contribution is 2.25. The summed E-state index contributed by atoms with van der Waals surface area (Å²) in [7, 11) is 0. The lowest BCUT2D eigenvalue weighted by Crippen LogP contribution is -2.52. The number of carbonyl (C=O) groups excluding carboxylic acids is 5. The molecular formula is C46H51F7N8O5. The average Bonchev–Trinajstić information content (AvgIpc) is 3.31. The van der Waals surface area contributed by atoms with E-state index in [0.717, 1.165) is 44.4 Å². The summed E-state index contributed by atoms with van der Waals surface area (Å²) in [6, 6.07) is 17.6. The molecule has 0 radical (unpaired) electrons. The van der Waals surface area contributed by atoms with Crippen LogP contribution in [0.3, 0.4) is 0 Å². The van der Waals surface area contributed by atoms with Crippen molar-refractivity contribution in [2.75, 3.05) is 88.3 Å². The van der Waals surface area contributed by atoms with E-state index < -0.39 is 53.7 Å². The maximum Gasteiger partial charge on any atom is 0.471 e. The van der Waals surface area contributed by atoms with Crippen LogP contribution in [0.15, 0.2) is 84.9 Å². The maximum atomic E-state index is 14.9. The Morgan fingerprint density at radius 2 is 1.00 bits per heavy atom. The second-order valence-electron chi connectivity index (χ2n) is 15.4. The third-order valence-corrected chi connectivity index (χ3v) is 11.1. The lowest BCUT2D eigenvalue weighted by molar-refractivity contribution is -0.173. The molecule has 4 aromatic carbocycles. The van der Waals surface area contributed by atoms with Crippen molar-refractivity contribution in [3.8, 4) is 0 Å². The zero-order valence-corrected chi connectivity index (χ0v) is 36.4. The number of amides is 5. The Labute approximate surface area is 377 Å². The van der Waals surface area contributed by atoms with E-state index in [-0.39, 0.29) is 59.4 Å². The van der Waals surface area contributed by atoms with Crippen molar-refractivity contribution in [1.82, 2.24) is 24.9 Å². The van der Waals surface area contributed by atoms with E-state index in [1.165, 1.54) is 75.8 Å². The largest absolute Gasteiger partial charge is 0.471 e. The molecule has 0 bridgehead atoms. The molecular weight excluding hydrogens is 878 g/mol. The number of halogens is 7. The maximum absolute atomic E-state index is 14.9. The molecule has 2 heterocycles. The van der Waals surface area contributed by atoms with E-state index in [9.17, 15) is 54.7 Å².